The maximum absolute atomic E-state index is 12.4. The molecule has 0 N–H and O–H groups in total. The van der Waals surface area contributed by atoms with E-state index in [0.717, 1.165) is 51.4 Å². The summed E-state index contributed by atoms with van der Waals surface area (Å²) in [6, 6.07) is 0. The summed E-state index contributed by atoms with van der Waals surface area (Å²) in [6.45, 7) is 0. The van der Waals surface area contributed by atoms with E-state index in [2.05, 4.69) is 12.2 Å². The Morgan fingerprint density at radius 2 is 1.81 bits per heavy atom. The lowest BCUT2D eigenvalue weighted by Crippen LogP contribution is -2.37. The first-order chi connectivity index (χ1) is 10.2. The first kappa shape index (κ1) is 15.0. The summed E-state index contributed by atoms with van der Waals surface area (Å²) in [5, 5.41) is 0. The normalized spacial score (nSPS) is 37.7. The zero-order valence-electron chi connectivity index (χ0n) is 12.8. The largest absolute Gasteiger partial charge is 0.363 e. The molecule has 3 heteroatoms. The van der Waals surface area contributed by atoms with E-state index in [0.29, 0.717) is 30.5 Å². The number of carbonyl (C=O) groups excluding carboxylic acids is 2. The fourth-order valence-electron chi connectivity index (χ4n) is 4.13. The van der Waals surface area contributed by atoms with Gasteiger partial charge in [-0.15, -0.1) is 0 Å². The fraction of sp³-hybridized carbons (Fsp3) is 0.778. The van der Waals surface area contributed by atoms with Crippen molar-refractivity contribution < 1.29 is 14.3 Å². The van der Waals surface area contributed by atoms with Gasteiger partial charge < -0.3 is 4.74 Å². The van der Waals surface area contributed by atoms with Crippen molar-refractivity contribution in [3.8, 4) is 0 Å². The molecule has 4 unspecified atom stereocenters. The smallest absolute Gasteiger partial charge is 0.161 e. The van der Waals surface area contributed by atoms with Gasteiger partial charge >= 0.3 is 0 Å². The van der Waals surface area contributed by atoms with E-state index in [1.807, 2.05) is 0 Å². The molecule has 0 amide bonds. The third kappa shape index (κ3) is 3.82. The van der Waals surface area contributed by atoms with E-state index in [9.17, 15) is 9.59 Å². The molecule has 0 heterocycles. The SMILES string of the molecule is O=C1CCCC(C2CCC(OC3C=CCCC3)C(=O)C2)C1. The van der Waals surface area contributed by atoms with Crippen LogP contribution in [-0.4, -0.2) is 23.8 Å². The molecule has 2 fully saturated rings. The van der Waals surface area contributed by atoms with Crippen molar-refractivity contribution in [2.75, 3.05) is 0 Å². The molecule has 116 valence electrons. The zero-order valence-corrected chi connectivity index (χ0v) is 12.8. The second-order valence-electron chi connectivity index (χ2n) is 6.93. The van der Waals surface area contributed by atoms with Crippen molar-refractivity contribution in [2.24, 2.45) is 11.8 Å². The quantitative estimate of drug-likeness (QED) is 0.746. The molecule has 0 bridgehead atoms. The van der Waals surface area contributed by atoms with Crippen molar-refractivity contribution in [2.45, 2.75) is 76.4 Å². The van der Waals surface area contributed by atoms with Gasteiger partial charge in [0.15, 0.2) is 5.78 Å². The number of ketones is 2. The highest BCUT2D eigenvalue weighted by atomic mass is 16.5. The maximum Gasteiger partial charge on any atom is 0.161 e. The van der Waals surface area contributed by atoms with E-state index < -0.39 is 0 Å². The Bertz CT molecular complexity index is 426. The predicted octanol–water partition coefficient (Wildman–Crippen LogP) is 3.61. The number of hydrogen-bond acceptors (Lipinski definition) is 3. The second-order valence-corrected chi connectivity index (χ2v) is 6.93. The topological polar surface area (TPSA) is 43.4 Å². The lowest BCUT2D eigenvalue weighted by atomic mass is 9.72. The highest BCUT2D eigenvalue weighted by molar-refractivity contribution is 5.84. The molecule has 0 saturated heterocycles. The minimum atomic E-state index is -0.201. The molecule has 3 aliphatic carbocycles. The number of ether oxygens (including phenoxy) is 1. The van der Waals surface area contributed by atoms with Crippen LogP contribution >= 0.6 is 0 Å². The molecule has 21 heavy (non-hydrogen) atoms. The Kier molecular flexibility index (Phi) is 4.89. The number of allylic oxidation sites excluding steroid dienone is 1. The van der Waals surface area contributed by atoms with Crippen LogP contribution in [-0.2, 0) is 14.3 Å². The summed E-state index contributed by atoms with van der Waals surface area (Å²) >= 11 is 0. The first-order valence-electron chi connectivity index (χ1n) is 8.59. The van der Waals surface area contributed by atoms with Gasteiger partial charge in [-0.3, -0.25) is 9.59 Å². The molecule has 4 atom stereocenters. The molecule has 0 aromatic carbocycles. The van der Waals surface area contributed by atoms with Gasteiger partial charge in [0.05, 0.1) is 6.10 Å². The maximum atomic E-state index is 12.4. The number of rotatable bonds is 3. The van der Waals surface area contributed by atoms with Crippen molar-refractivity contribution in [3.63, 3.8) is 0 Å². The Balaban J connectivity index is 1.51. The average Bonchev–Trinajstić information content (AvgIpc) is 2.50. The van der Waals surface area contributed by atoms with Crippen LogP contribution in [0.4, 0.5) is 0 Å². The third-order valence-corrected chi connectivity index (χ3v) is 5.36. The molecule has 3 rings (SSSR count). The monoisotopic (exact) mass is 290 g/mol. The van der Waals surface area contributed by atoms with E-state index in [-0.39, 0.29) is 18.0 Å². The van der Waals surface area contributed by atoms with Gasteiger partial charge in [-0.2, -0.15) is 0 Å². The second kappa shape index (κ2) is 6.87. The van der Waals surface area contributed by atoms with Gasteiger partial charge in [0.25, 0.3) is 0 Å². The van der Waals surface area contributed by atoms with E-state index in [1.165, 1.54) is 0 Å². The summed E-state index contributed by atoms with van der Waals surface area (Å²) in [5.41, 5.74) is 0. The van der Waals surface area contributed by atoms with Crippen LogP contribution in [0.15, 0.2) is 12.2 Å². The zero-order chi connectivity index (χ0) is 14.7. The molecule has 2 saturated carbocycles. The summed E-state index contributed by atoms with van der Waals surface area (Å²) in [5.74, 6) is 1.53. The lowest BCUT2D eigenvalue weighted by Gasteiger charge is -2.35. The van der Waals surface area contributed by atoms with Crippen LogP contribution in [0.5, 0.6) is 0 Å². The Morgan fingerprint density at radius 3 is 2.52 bits per heavy atom. The predicted molar refractivity (Wildman–Crippen MR) is 81.0 cm³/mol. The van der Waals surface area contributed by atoms with Gasteiger partial charge in [0.1, 0.15) is 11.9 Å². The molecular weight excluding hydrogens is 264 g/mol. The molecule has 0 aliphatic heterocycles. The molecule has 3 nitrogen and oxygen atoms in total. The van der Waals surface area contributed by atoms with Crippen LogP contribution in [0.25, 0.3) is 0 Å². The van der Waals surface area contributed by atoms with E-state index in [1.54, 1.807) is 0 Å². The third-order valence-electron chi connectivity index (χ3n) is 5.36. The summed E-state index contributed by atoms with van der Waals surface area (Å²) in [4.78, 5) is 24.0. The van der Waals surface area contributed by atoms with Crippen LogP contribution in [0.3, 0.4) is 0 Å². The molecule has 0 radical (unpaired) electrons. The van der Waals surface area contributed by atoms with Gasteiger partial charge in [0, 0.05) is 19.3 Å². The Morgan fingerprint density at radius 1 is 0.952 bits per heavy atom. The first-order valence-corrected chi connectivity index (χ1v) is 8.59. The lowest BCUT2D eigenvalue weighted by molar-refractivity contribution is -0.139. The minimum absolute atomic E-state index is 0.139. The van der Waals surface area contributed by atoms with Gasteiger partial charge in [0.2, 0.25) is 0 Å². The summed E-state index contributed by atoms with van der Waals surface area (Å²) in [6.07, 6.45) is 13.7. The standard InChI is InChI=1S/C18H26O3/c19-15-6-4-5-13(11-15)14-9-10-18(17(20)12-14)21-16-7-2-1-3-8-16/h2,7,13-14,16,18H,1,3-6,8-12H2. The van der Waals surface area contributed by atoms with Crippen molar-refractivity contribution in [3.05, 3.63) is 12.2 Å². The molecule has 0 aromatic heterocycles. The number of carbonyl (C=O) groups is 2. The average molecular weight is 290 g/mol. The van der Waals surface area contributed by atoms with Gasteiger partial charge in [-0.05, 0) is 56.8 Å². The van der Waals surface area contributed by atoms with Crippen LogP contribution in [0.2, 0.25) is 0 Å². The number of hydrogen-bond donors (Lipinski definition) is 0. The number of Topliss-reactive ketones (excluding diaryl/α,β-unsaturated/α-hetero) is 2. The van der Waals surface area contributed by atoms with Crippen molar-refractivity contribution in [1.29, 1.82) is 0 Å². The summed E-state index contributed by atoms with van der Waals surface area (Å²) < 4.78 is 6.00. The van der Waals surface area contributed by atoms with Crippen molar-refractivity contribution in [1.82, 2.24) is 0 Å². The van der Waals surface area contributed by atoms with Gasteiger partial charge in [-0.25, -0.2) is 0 Å². The Hall–Kier alpha value is -0.960. The molecule has 0 aromatic rings. The van der Waals surface area contributed by atoms with Crippen LogP contribution in [0, 0.1) is 11.8 Å². The van der Waals surface area contributed by atoms with Gasteiger partial charge in [-0.1, -0.05) is 12.2 Å². The summed E-state index contributed by atoms with van der Waals surface area (Å²) in [7, 11) is 0. The van der Waals surface area contributed by atoms with E-state index in [4.69, 9.17) is 4.74 Å². The highest BCUT2D eigenvalue weighted by Crippen LogP contribution is 2.37. The molecular formula is C18H26O3. The minimum Gasteiger partial charge on any atom is -0.363 e. The van der Waals surface area contributed by atoms with Crippen molar-refractivity contribution >= 4 is 11.6 Å². The van der Waals surface area contributed by atoms with Crippen LogP contribution in [0.1, 0.15) is 64.2 Å². The van der Waals surface area contributed by atoms with Crippen LogP contribution < -0.4 is 0 Å². The Labute approximate surface area is 127 Å². The highest BCUT2D eigenvalue weighted by Gasteiger charge is 2.36. The fourth-order valence-corrected chi connectivity index (χ4v) is 4.13. The molecule has 3 aliphatic rings. The van der Waals surface area contributed by atoms with E-state index >= 15 is 0 Å². The molecule has 0 spiro atoms.